The molecule has 0 aliphatic heterocycles. The molecule has 0 fully saturated rings. The SMILES string of the molecule is CO[N+](=O)c1cnn(C)c1N. The van der Waals surface area contributed by atoms with E-state index >= 15 is 0 Å². The number of nitrogens with zero attached hydrogens (tertiary/aromatic N) is 3. The summed E-state index contributed by atoms with van der Waals surface area (Å²) in [5, 5.41) is 3.76. The van der Waals surface area contributed by atoms with Crippen molar-refractivity contribution in [1.29, 1.82) is 0 Å². The van der Waals surface area contributed by atoms with E-state index in [1.807, 2.05) is 0 Å². The van der Waals surface area contributed by atoms with Crippen LogP contribution >= 0.6 is 0 Å². The summed E-state index contributed by atoms with van der Waals surface area (Å²) in [6, 6.07) is 0. The summed E-state index contributed by atoms with van der Waals surface area (Å²) in [5.41, 5.74) is 5.68. The molecule has 0 aromatic carbocycles. The molecular formula is C5H9N4O2+. The molecule has 6 nitrogen and oxygen atoms in total. The molecule has 6 heteroatoms. The van der Waals surface area contributed by atoms with E-state index in [2.05, 4.69) is 9.94 Å². The Morgan fingerprint density at radius 3 is 2.82 bits per heavy atom. The maximum Gasteiger partial charge on any atom is 0.377 e. The first-order chi connectivity index (χ1) is 5.16. The van der Waals surface area contributed by atoms with Gasteiger partial charge >= 0.3 is 5.69 Å². The Labute approximate surface area is 63.1 Å². The molecule has 0 bridgehead atoms. The lowest BCUT2D eigenvalue weighted by atomic mass is 10.5. The third-order valence-electron chi connectivity index (χ3n) is 1.33. The Morgan fingerprint density at radius 1 is 1.82 bits per heavy atom. The molecule has 0 aliphatic carbocycles. The Kier molecular flexibility index (Phi) is 1.75. The maximum atomic E-state index is 10.8. The molecule has 0 aliphatic rings. The second-order valence-corrected chi connectivity index (χ2v) is 1.98. The first-order valence-corrected chi connectivity index (χ1v) is 2.95. The van der Waals surface area contributed by atoms with Crippen LogP contribution in [0.25, 0.3) is 0 Å². The van der Waals surface area contributed by atoms with Gasteiger partial charge in [-0.3, -0.25) is 0 Å². The molecule has 1 aromatic rings. The van der Waals surface area contributed by atoms with Crippen molar-refractivity contribution in [1.82, 2.24) is 9.78 Å². The highest BCUT2D eigenvalue weighted by atomic mass is 16.8. The van der Waals surface area contributed by atoms with E-state index in [-0.39, 0.29) is 11.5 Å². The van der Waals surface area contributed by atoms with Crippen LogP contribution in [-0.2, 0) is 11.9 Å². The number of hydrogen-bond acceptors (Lipinski definition) is 4. The Morgan fingerprint density at radius 2 is 2.45 bits per heavy atom. The van der Waals surface area contributed by atoms with E-state index in [4.69, 9.17) is 5.73 Å². The van der Waals surface area contributed by atoms with Gasteiger partial charge in [-0.05, 0) is 0 Å². The summed E-state index contributed by atoms with van der Waals surface area (Å²) in [5.74, 6) is 0.279. The highest BCUT2D eigenvalue weighted by Crippen LogP contribution is 2.18. The van der Waals surface area contributed by atoms with Crippen LogP contribution in [0.3, 0.4) is 0 Å². The quantitative estimate of drug-likeness (QED) is 0.612. The standard InChI is InChI=1S/C5H9N4O2/c1-8-5(6)4(3-7-8)9(10)11-2/h3H,6H2,1-2H3/q+1. The number of aromatic nitrogens is 2. The minimum Gasteiger partial charge on any atom is -0.378 e. The monoisotopic (exact) mass is 157 g/mol. The average molecular weight is 157 g/mol. The van der Waals surface area contributed by atoms with Crippen molar-refractivity contribution >= 4 is 11.5 Å². The van der Waals surface area contributed by atoms with Gasteiger partial charge in [0.05, 0.1) is 4.91 Å². The second kappa shape index (κ2) is 2.57. The molecule has 1 heterocycles. The number of rotatable bonds is 2. The van der Waals surface area contributed by atoms with Gasteiger partial charge in [0.15, 0.2) is 7.11 Å². The summed E-state index contributed by atoms with van der Waals surface area (Å²) < 4.78 is 1.39. The lowest BCUT2D eigenvalue weighted by molar-refractivity contribution is -0.736. The van der Waals surface area contributed by atoms with Gasteiger partial charge in [-0.25, -0.2) is 9.52 Å². The van der Waals surface area contributed by atoms with E-state index in [1.165, 1.54) is 18.0 Å². The highest BCUT2D eigenvalue weighted by Gasteiger charge is 2.22. The predicted octanol–water partition coefficient (Wildman–Crippen LogP) is -0.0259. The van der Waals surface area contributed by atoms with Gasteiger partial charge in [0, 0.05) is 7.05 Å². The van der Waals surface area contributed by atoms with E-state index in [0.29, 0.717) is 4.92 Å². The first kappa shape index (κ1) is 7.52. The minimum absolute atomic E-state index is 0.218. The topological polar surface area (TPSA) is 73.2 Å². The minimum atomic E-state index is 0.218. The van der Waals surface area contributed by atoms with Crippen molar-refractivity contribution in [3.63, 3.8) is 0 Å². The predicted molar refractivity (Wildman–Crippen MR) is 37.9 cm³/mol. The zero-order valence-corrected chi connectivity index (χ0v) is 6.31. The number of hydrogen-bond donors (Lipinski definition) is 1. The molecule has 1 rings (SSSR count). The van der Waals surface area contributed by atoms with Crippen molar-refractivity contribution < 1.29 is 9.76 Å². The maximum absolute atomic E-state index is 10.8. The summed E-state index contributed by atoms with van der Waals surface area (Å²) in [6.45, 7) is 0. The normalized spacial score (nSPS) is 9.64. The third kappa shape index (κ3) is 1.14. The first-order valence-electron chi connectivity index (χ1n) is 2.95. The van der Waals surface area contributed by atoms with Crippen molar-refractivity contribution in [3.8, 4) is 0 Å². The molecule has 0 atom stereocenters. The molecule has 0 spiro atoms. The summed E-state index contributed by atoms with van der Waals surface area (Å²) in [6.07, 6.45) is 1.34. The van der Waals surface area contributed by atoms with Gasteiger partial charge in [0.25, 0.3) is 4.92 Å². The summed E-state index contributed by atoms with van der Waals surface area (Å²) >= 11 is 0. The van der Waals surface area contributed by atoms with E-state index < -0.39 is 0 Å². The zero-order chi connectivity index (χ0) is 8.43. The van der Waals surface area contributed by atoms with Gasteiger partial charge in [-0.1, -0.05) is 0 Å². The fourth-order valence-corrected chi connectivity index (χ4v) is 0.674. The van der Waals surface area contributed by atoms with Gasteiger partial charge < -0.3 is 5.73 Å². The lowest BCUT2D eigenvalue weighted by Crippen LogP contribution is -2.02. The number of nitrogens with two attached hydrogens (primary N) is 1. The van der Waals surface area contributed by atoms with Crippen LogP contribution in [0.1, 0.15) is 0 Å². The van der Waals surface area contributed by atoms with Crippen LogP contribution in [0.15, 0.2) is 6.20 Å². The Balaban J connectivity index is 3.04. The van der Waals surface area contributed by atoms with Crippen LogP contribution in [0, 0.1) is 4.91 Å². The molecule has 11 heavy (non-hydrogen) atoms. The van der Waals surface area contributed by atoms with Crippen molar-refractivity contribution in [3.05, 3.63) is 11.1 Å². The molecule has 0 radical (unpaired) electrons. The van der Waals surface area contributed by atoms with Gasteiger partial charge in [-0.2, -0.15) is 5.10 Å². The molecular weight excluding hydrogens is 148 g/mol. The van der Waals surface area contributed by atoms with Crippen LogP contribution in [0.2, 0.25) is 0 Å². The van der Waals surface area contributed by atoms with Gasteiger partial charge in [0.1, 0.15) is 6.20 Å². The van der Waals surface area contributed by atoms with Crippen LogP contribution in [0.4, 0.5) is 11.5 Å². The Hall–Kier alpha value is -1.59. The van der Waals surface area contributed by atoms with E-state index in [1.54, 1.807) is 7.05 Å². The third-order valence-corrected chi connectivity index (χ3v) is 1.33. The Bertz CT molecular complexity index is 280. The van der Waals surface area contributed by atoms with Gasteiger partial charge in [0.2, 0.25) is 5.82 Å². The van der Waals surface area contributed by atoms with Crippen molar-refractivity contribution in [2.75, 3.05) is 12.8 Å². The molecule has 0 saturated carbocycles. The fraction of sp³-hybridized carbons (Fsp3) is 0.400. The summed E-state index contributed by atoms with van der Waals surface area (Å²) in [4.78, 5) is 15.5. The van der Waals surface area contributed by atoms with Crippen molar-refractivity contribution in [2.45, 2.75) is 0 Å². The number of nitrogen functional groups attached to an aromatic ring is 1. The van der Waals surface area contributed by atoms with E-state index in [9.17, 15) is 4.91 Å². The van der Waals surface area contributed by atoms with Crippen LogP contribution in [-0.4, -0.2) is 21.8 Å². The van der Waals surface area contributed by atoms with Crippen LogP contribution < -0.4 is 5.73 Å². The molecule has 0 amide bonds. The largest absolute Gasteiger partial charge is 0.378 e. The number of anilines is 1. The summed E-state index contributed by atoms with van der Waals surface area (Å²) in [7, 11) is 2.90. The highest BCUT2D eigenvalue weighted by molar-refractivity contribution is 5.50. The molecule has 0 unspecified atom stereocenters. The smallest absolute Gasteiger partial charge is 0.377 e. The van der Waals surface area contributed by atoms with E-state index in [0.717, 1.165) is 0 Å². The molecule has 2 N–H and O–H groups in total. The zero-order valence-electron chi connectivity index (χ0n) is 6.31. The molecule has 0 saturated heterocycles. The van der Waals surface area contributed by atoms with Gasteiger partial charge in [-0.15, -0.1) is 0 Å². The molecule has 60 valence electrons. The second-order valence-electron chi connectivity index (χ2n) is 1.98. The van der Waals surface area contributed by atoms with Crippen molar-refractivity contribution in [2.24, 2.45) is 7.05 Å². The average Bonchev–Trinajstić information content (AvgIpc) is 2.32. The lowest BCUT2D eigenvalue weighted by Gasteiger charge is -1.89. The fourth-order valence-electron chi connectivity index (χ4n) is 0.674. The number of aryl methyl sites for hydroxylation is 1. The van der Waals surface area contributed by atoms with Crippen LogP contribution in [0.5, 0.6) is 0 Å². The molecule has 1 aromatic heterocycles.